The number of rotatable bonds is 7. The van der Waals surface area contributed by atoms with Crippen molar-refractivity contribution in [2.45, 2.75) is 25.9 Å². The van der Waals surface area contributed by atoms with Gasteiger partial charge in [-0.1, -0.05) is 35.9 Å². The minimum atomic E-state index is -0.597. The molecule has 0 fully saturated rings. The van der Waals surface area contributed by atoms with Gasteiger partial charge in [0, 0.05) is 25.5 Å². The molecule has 1 atom stereocenters. The Morgan fingerprint density at radius 2 is 2.00 bits per heavy atom. The summed E-state index contributed by atoms with van der Waals surface area (Å²) < 4.78 is 1.94. The summed E-state index contributed by atoms with van der Waals surface area (Å²) >= 11 is 1.30. The van der Waals surface area contributed by atoms with Gasteiger partial charge in [0.15, 0.2) is 5.76 Å². The molecule has 0 aliphatic carbocycles. The fraction of sp³-hybridized carbons (Fsp3) is 0.227. The number of carbonyl (C=O) groups excluding carboxylic acids is 2. The largest absolute Gasteiger partial charge is 0.503 e. The van der Waals surface area contributed by atoms with Gasteiger partial charge in [-0.3, -0.25) is 9.59 Å². The number of Topliss-reactive ketones (excluding diaryl/α,β-unsaturated/α-hetero) is 1. The number of nitrogens with zero attached hydrogens (tertiary/aromatic N) is 3. The summed E-state index contributed by atoms with van der Waals surface area (Å²) in [6.07, 6.45) is 5.98. The second kappa shape index (κ2) is 8.05. The predicted molar refractivity (Wildman–Crippen MR) is 111 cm³/mol. The second-order valence-electron chi connectivity index (χ2n) is 7.03. The smallest absolute Gasteiger partial charge is 0.290 e. The maximum atomic E-state index is 13.1. The van der Waals surface area contributed by atoms with Gasteiger partial charge in [-0.05, 0) is 30.4 Å². The Hall–Kier alpha value is -3.19. The molecule has 0 bridgehead atoms. The highest BCUT2D eigenvalue weighted by Gasteiger charge is 2.43. The van der Waals surface area contributed by atoms with Crippen LogP contribution in [-0.2, 0) is 11.3 Å². The molecule has 0 radical (unpaired) electrons. The highest BCUT2D eigenvalue weighted by atomic mass is 32.1. The zero-order chi connectivity index (χ0) is 20.4. The SMILES string of the molecule is Cc1ccc(C2C(C(=O)c3cccs3)=C(O)C(=O)N2CCCn2ccnc2)cc1. The average Bonchev–Trinajstić information content (AvgIpc) is 3.47. The normalized spacial score (nSPS) is 16.7. The third-order valence-corrected chi connectivity index (χ3v) is 5.93. The van der Waals surface area contributed by atoms with E-state index in [4.69, 9.17) is 0 Å². The van der Waals surface area contributed by atoms with Gasteiger partial charge in [0.1, 0.15) is 0 Å². The molecule has 3 aromatic rings. The van der Waals surface area contributed by atoms with Crippen molar-refractivity contribution in [2.24, 2.45) is 0 Å². The zero-order valence-corrected chi connectivity index (χ0v) is 16.8. The Balaban J connectivity index is 1.66. The van der Waals surface area contributed by atoms with Crippen LogP contribution in [0.25, 0.3) is 0 Å². The van der Waals surface area contributed by atoms with Crippen molar-refractivity contribution in [1.82, 2.24) is 14.5 Å². The molecule has 1 unspecified atom stereocenters. The van der Waals surface area contributed by atoms with E-state index in [1.807, 2.05) is 47.3 Å². The number of hydrogen-bond donors (Lipinski definition) is 1. The van der Waals surface area contributed by atoms with Crippen molar-refractivity contribution in [3.8, 4) is 0 Å². The Kier molecular flexibility index (Phi) is 5.31. The van der Waals surface area contributed by atoms with Crippen LogP contribution < -0.4 is 0 Å². The van der Waals surface area contributed by atoms with Crippen LogP contribution in [0.15, 0.2) is 71.8 Å². The van der Waals surface area contributed by atoms with Gasteiger partial charge in [0.2, 0.25) is 5.78 Å². The molecule has 6 nitrogen and oxygen atoms in total. The number of benzene rings is 1. The summed E-state index contributed by atoms with van der Waals surface area (Å²) in [7, 11) is 0. The maximum Gasteiger partial charge on any atom is 0.290 e. The van der Waals surface area contributed by atoms with Crippen LogP contribution in [0.4, 0.5) is 0 Å². The third-order valence-electron chi connectivity index (χ3n) is 5.06. The van der Waals surface area contributed by atoms with E-state index in [9.17, 15) is 14.7 Å². The Morgan fingerprint density at radius 1 is 1.21 bits per heavy atom. The number of thiophene rings is 1. The molecule has 0 spiro atoms. The van der Waals surface area contributed by atoms with E-state index in [1.54, 1.807) is 29.6 Å². The van der Waals surface area contributed by atoms with E-state index in [0.29, 0.717) is 24.4 Å². The number of carbonyl (C=O) groups is 2. The molecule has 7 heteroatoms. The Bertz CT molecular complexity index is 1040. The van der Waals surface area contributed by atoms with Crippen molar-refractivity contribution in [1.29, 1.82) is 0 Å². The average molecular weight is 407 g/mol. The van der Waals surface area contributed by atoms with E-state index in [1.165, 1.54) is 11.3 Å². The summed E-state index contributed by atoms with van der Waals surface area (Å²) in [6, 6.07) is 10.6. The number of ketones is 1. The van der Waals surface area contributed by atoms with E-state index in [2.05, 4.69) is 4.98 Å². The quantitative estimate of drug-likeness (QED) is 0.603. The number of aliphatic hydroxyl groups excluding tert-OH is 1. The molecule has 1 aromatic carbocycles. The van der Waals surface area contributed by atoms with Gasteiger partial charge in [-0.25, -0.2) is 4.98 Å². The molecule has 148 valence electrons. The van der Waals surface area contributed by atoms with Crippen LogP contribution in [-0.4, -0.2) is 37.8 Å². The molecule has 1 aliphatic heterocycles. The highest BCUT2D eigenvalue weighted by molar-refractivity contribution is 7.12. The maximum absolute atomic E-state index is 13.1. The van der Waals surface area contributed by atoms with Crippen molar-refractivity contribution in [3.63, 3.8) is 0 Å². The number of hydrogen-bond acceptors (Lipinski definition) is 5. The summed E-state index contributed by atoms with van der Waals surface area (Å²) in [5, 5.41) is 12.4. The van der Waals surface area contributed by atoms with Gasteiger partial charge in [-0.2, -0.15) is 0 Å². The van der Waals surface area contributed by atoms with Crippen LogP contribution in [0.2, 0.25) is 0 Å². The van der Waals surface area contributed by atoms with E-state index in [0.717, 1.165) is 11.1 Å². The second-order valence-corrected chi connectivity index (χ2v) is 7.98. The number of amides is 1. The van der Waals surface area contributed by atoms with Crippen LogP contribution in [0.1, 0.15) is 33.3 Å². The first kappa shape index (κ1) is 19.1. The molecule has 1 N–H and O–H groups in total. The third kappa shape index (κ3) is 3.73. The molecular formula is C22H21N3O3S. The minimum absolute atomic E-state index is 0.156. The Morgan fingerprint density at radius 3 is 2.66 bits per heavy atom. The van der Waals surface area contributed by atoms with Crippen LogP contribution in [0, 0.1) is 6.92 Å². The van der Waals surface area contributed by atoms with Crippen molar-refractivity contribution in [2.75, 3.05) is 6.54 Å². The van der Waals surface area contributed by atoms with Crippen LogP contribution in [0.3, 0.4) is 0 Å². The zero-order valence-electron chi connectivity index (χ0n) is 16.0. The molecule has 2 aromatic heterocycles. The van der Waals surface area contributed by atoms with Crippen molar-refractivity contribution >= 4 is 23.0 Å². The molecule has 3 heterocycles. The van der Waals surface area contributed by atoms with Crippen LogP contribution in [0.5, 0.6) is 0 Å². The van der Waals surface area contributed by atoms with Crippen molar-refractivity contribution in [3.05, 3.63) is 87.8 Å². The lowest BCUT2D eigenvalue weighted by atomic mass is 9.95. The number of aliphatic hydroxyl groups is 1. The fourth-order valence-corrected chi connectivity index (χ4v) is 4.27. The topological polar surface area (TPSA) is 75.4 Å². The first-order chi connectivity index (χ1) is 14.1. The summed E-state index contributed by atoms with van der Waals surface area (Å²) in [5.74, 6) is -1.24. The summed E-state index contributed by atoms with van der Waals surface area (Å²) in [4.78, 5) is 32.1. The van der Waals surface area contributed by atoms with Crippen molar-refractivity contribution < 1.29 is 14.7 Å². The van der Waals surface area contributed by atoms with Gasteiger partial charge < -0.3 is 14.6 Å². The first-order valence-corrected chi connectivity index (χ1v) is 10.3. The first-order valence-electron chi connectivity index (χ1n) is 9.41. The van der Waals surface area contributed by atoms with Gasteiger partial charge in [0.25, 0.3) is 5.91 Å². The predicted octanol–water partition coefficient (Wildman–Crippen LogP) is 3.92. The number of imidazole rings is 1. The molecule has 0 saturated carbocycles. The lowest BCUT2D eigenvalue weighted by molar-refractivity contribution is -0.129. The van der Waals surface area contributed by atoms with E-state index in [-0.39, 0.29) is 11.4 Å². The lowest BCUT2D eigenvalue weighted by Gasteiger charge is -2.27. The van der Waals surface area contributed by atoms with E-state index < -0.39 is 17.7 Å². The molecule has 1 aliphatic rings. The lowest BCUT2D eigenvalue weighted by Crippen LogP contribution is -2.32. The van der Waals surface area contributed by atoms with E-state index >= 15 is 0 Å². The molecular weight excluding hydrogens is 386 g/mol. The van der Waals surface area contributed by atoms with Gasteiger partial charge in [-0.15, -0.1) is 11.3 Å². The standard InChI is InChI=1S/C22H21N3O3S/c1-15-5-7-16(8-6-15)19-18(20(26)17-4-2-13-29-17)21(27)22(28)25(19)11-3-10-24-12-9-23-14-24/h2,4-9,12-14,19,27H,3,10-11H2,1H3. The molecule has 0 saturated heterocycles. The highest BCUT2D eigenvalue weighted by Crippen LogP contribution is 2.39. The molecule has 1 amide bonds. The van der Waals surface area contributed by atoms with Crippen LogP contribution >= 0.6 is 11.3 Å². The number of aryl methyl sites for hydroxylation is 2. The fourth-order valence-electron chi connectivity index (χ4n) is 3.59. The van der Waals surface area contributed by atoms with Gasteiger partial charge in [0.05, 0.1) is 22.8 Å². The van der Waals surface area contributed by atoms with Gasteiger partial charge >= 0.3 is 0 Å². The molecule has 4 rings (SSSR count). The molecule has 29 heavy (non-hydrogen) atoms. The summed E-state index contributed by atoms with van der Waals surface area (Å²) in [6.45, 7) is 3.09. The number of aromatic nitrogens is 2. The monoisotopic (exact) mass is 407 g/mol. The summed E-state index contributed by atoms with van der Waals surface area (Å²) in [5.41, 5.74) is 2.06. The minimum Gasteiger partial charge on any atom is -0.503 e. The Labute approximate surface area is 172 Å².